The summed E-state index contributed by atoms with van der Waals surface area (Å²) in [5.41, 5.74) is -0.920. The summed E-state index contributed by atoms with van der Waals surface area (Å²) in [4.78, 5) is 27.9. The number of esters is 1. The summed E-state index contributed by atoms with van der Waals surface area (Å²) in [6.07, 6.45) is -0.196. The molecule has 0 heterocycles. The quantitative estimate of drug-likeness (QED) is 0.148. The zero-order chi connectivity index (χ0) is 18.0. The molecule has 0 N–H and O–H groups in total. The molecule has 1 saturated carbocycles. The molecule has 2 rings (SSSR count). The van der Waals surface area contributed by atoms with E-state index in [1.54, 1.807) is 0 Å². The molecule has 130 valence electrons. The monoisotopic (exact) mass is 365 g/mol. The summed E-state index contributed by atoms with van der Waals surface area (Å²) in [5.74, 6) is -8.69. The lowest BCUT2D eigenvalue weighted by atomic mass is 9.98. The summed E-state index contributed by atoms with van der Waals surface area (Å²) in [5, 5.41) is -1.20. The van der Waals surface area contributed by atoms with Crippen molar-refractivity contribution in [3.63, 3.8) is 0 Å². The Morgan fingerprint density at radius 2 is 2.04 bits per heavy atom. The number of ether oxygens (including phenoxy) is 1. The van der Waals surface area contributed by atoms with Gasteiger partial charge in [0.2, 0.25) is 0 Å². The molecule has 0 radical (unpaired) electrons. The summed E-state index contributed by atoms with van der Waals surface area (Å²) < 4.78 is 58.1. The number of hydrogen-bond acceptors (Lipinski definition) is 4. The highest BCUT2D eigenvalue weighted by molar-refractivity contribution is 6.31. The van der Waals surface area contributed by atoms with Gasteiger partial charge in [-0.1, -0.05) is 11.6 Å². The van der Waals surface area contributed by atoms with E-state index in [2.05, 4.69) is 9.73 Å². The lowest BCUT2D eigenvalue weighted by Gasteiger charge is -2.12. The largest absolute Gasteiger partial charge is 0.465 e. The van der Waals surface area contributed by atoms with E-state index >= 15 is 0 Å². The maximum atomic E-state index is 14.0. The van der Waals surface area contributed by atoms with Gasteiger partial charge in [-0.25, -0.2) is 17.6 Å². The Morgan fingerprint density at radius 3 is 2.58 bits per heavy atom. The minimum atomic E-state index is -1.71. The van der Waals surface area contributed by atoms with E-state index < -0.39 is 57.9 Å². The Bertz CT molecular complexity index is 710. The number of alkyl halides is 1. The van der Waals surface area contributed by atoms with E-state index in [1.807, 2.05) is 0 Å². The number of nitrogens with zero attached hydrogens (tertiary/aromatic N) is 1. The third-order valence-electron chi connectivity index (χ3n) is 3.30. The smallest absolute Gasteiger partial charge is 0.322 e. The first-order valence-corrected chi connectivity index (χ1v) is 7.36. The van der Waals surface area contributed by atoms with Crippen LogP contribution in [0.2, 0.25) is 5.02 Å². The normalized spacial score (nSPS) is 20.9. The summed E-state index contributed by atoms with van der Waals surface area (Å²) >= 11 is 5.29. The second-order valence-electron chi connectivity index (χ2n) is 5.06. The van der Waals surface area contributed by atoms with Crippen molar-refractivity contribution in [2.45, 2.75) is 25.6 Å². The maximum absolute atomic E-state index is 14.0. The van der Waals surface area contributed by atoms with Crippen LogP contribution in [0.5, 0.6) is 0 Å². The van der Waals surface area contributed by atoms with E-state index in [4.69, 9.17) is 11.6 Å². The fraction of sp³-hybridized carbons (Fsp3) is 0.400. The van der Waals surface area contributed by atoms with Crippen molar-refractivity contribution in [2.24, 2.45) is 10.9 Å². The van der Waals surface area contributed by atoms with Gasteiger partial charge in [-0.15, -0.1) is 0 Å². The summed E-state index contributed by atoms with van der Waals surface area (Å²) in [6, 6.07) is -0.387. The molecule has 1 aromatic carbocycles. The Morgan fingerprint density at radius 1 is 1.42 bits per heavy atom. The lowest BCUT2D eigenvalue weighted by Crippen LogP contribution is -2.29. The molecule has 1 fully saturated rings. The van der Waals surface area contributed by atoms with Gasteiger partial charge in [0.25, 0.3) is 0 Å². The predicted molar refractivity (Wildman–Crippen MR) is 77.6 cm³/mol. The first-order chi connectivity index (χ1) is 11.3. The summed E-state index contributed by atoms with van der Waals surface area (Å²) in [7, 11) is 0. The van der Waals surface area contributed by atoms with Gasteiger partial charge in [-0.05, 0) is 13.0 Å². The molecule has 1 aromatic rings. The molecule has 3 unspecified atom stereocenters. The fourth-order valence-corrected chi connectivity index (χ4v) is 2.08. The van der Waals surface area contributed by atoms with Gasteiger partial charge in [-0.2, -0.15) is 0 Å². The minimum Gasteiger partial charge on any atom is -0.465 e. The second-order valence-corrected chi connectivity index (χ2v) is 5.44. The Balaban J connectivity index is 2.37. The Labute approximate surface area is 139 Å². The molecule has 24 heavy (non-hydrogen) atoms. The molecular weight excluding hydrogens is 354 g/mol. The maximum Gasteiger partial charge on any atom is 0.322 e. The van der Waals surface area contributed by atoms with E-state index in [0.717, 1.165) is 6.21 Å². The highest BCUT2D eigenvalue weighted by Crippen LogP contribution is 2.29. The number of halogens is 5. The van der Waals surface area contributed by atoms with Crippen LogP contribution in [0, 0.1) is 23.4 Å². The number of hydrogen-bond donors (Lipinski definition) is 0. The van der Waals surface area contributed by atoms with Crippen LogP contribution in [0.25, 0.3) is 0 Å². The first kappa shape index (κ1) is 18.4. The molecule has 0 amide bonds. The minimum absolute atomic E-state index is 0.0768. The fourth-order valence-electron chi connectivity index (χ4n) is 1.89. The van der Waals surface area contributed by atoms with Crippen LogP contribution < -0.4 is 0 Å². The highest BCUT2D eigenvalue weighted by atomic mass is 35.5. The van der Waals surface area contributed by atoms with Crippen LogP contribution in [-0.2, 0) is 9.53 Å². The van der Waals surface area contributed by atoms with Crippen molar-refractivity contribution < 1.29 is 31.9 Å². The zero-order valence-corrected chi connectivity index (χ0v) is 13.1. The molecule has 3 atom stereocenters. The number of aliphatic imine (C=N–C) groups is 1. The Kier molecular flexibility index (Phi) is 5.58. The van der Waals surface area contributed by atoms with E-state index in [0.29, 0.717) is 6.07 Å². The number of carbonyl (C=O) groups is 2. The topological polar surface area (TPSA) is 55.7 Å². The van der Waals surface area contributed by atoms with Gasteiger partial charge in [0.05, 0.1) is 18.2 Å². The average molecular weight is 366 g/mol. The van der Waals surface area contributed by atoms with Crippen LogP contribution in [0.15, 0.2) is 11.1 Å². The van der Waals surface area contributed by atoms with Crippen molar-refractivity contribution in [1.82, 2.24) is 0 Å². The van der Waals surface area contributed by atoms with E-state index in [9.17, 15) is 27.2 Å². The number of benzene rings is 1. The van der Waals surface area contributed by atoms with Gasteiger partial charge in [0.1, 0.15) is 11.2 Å². The van der Waals surface area contributed by atoms with Crippen molar-refractivity contribution in [3.05, 3.63) is 34.1 Å². The molecule has 9 heteroatoms. The van der Waals surface area contributed by atoms with Crippen molar-refractivity contribution >= 4 is 29.6 Å². The Hall–Kier alpha value is -1.96. The molecule has 0 saturated heterocycles. The molecular formula is C15H12ClF4NO3. The molecule has 0 bridgehead atoms. The van der Waals surface area contributed by atoms with E-state index in [-0.39, 0.29) is 13.0 Å². The summed E-state index contributed by atoms with van der Waals surface area (Å²) in [6.45, 7) is 1.40. The van der Waals surface area contributed by atoms with Crippen LogP contribution in [0.3, 0.4) is 0 Å². The first-order valence-electron chi connectivity index (χ1n) is 6.99. The highest BCUT2D eigenvalue weighted by Gasteiger charge is 2.38. The van der Waals surface area contributed by atoms with Gasteiger partial charge >= 0.3 is 5.97 Å². The van der Waals surface area contributed by atoms with Gasteiger partial charge in [0, 0.05) is 12.6 Å². The van der Waals surface area contributed by atoms with Crippen LogP contribution in [0.4, 0.5) is 17.6 Å². The molecule has 1 aliphatic carbocycles. The molecule has 0 aromatic heterocycles. The molecule has 4 nitrogen and oxygen atoms in total. The van der Waals surface area contributed by atoms with Crippen molar-refractivity contribution in [3.8, 4) is 0 Å². The van der Waals surface area contributed by atoms with Gasteiger partial charge in [0.15, 0.2) is 29.2 Å². The van der Waals surface area contributed by atoms with Gasteiger partial charge in [-0.3, -0.25) is 14.6 Å². The lowest BCUT2D eigenvalue weighted by molar-refractivity contribution is -0.143. The van der Waals surface area contributed by atoms with Gasteiger partial charge < -0.3 is 4.74 Å². The molecule has 0 aliphatic heterocycles. The molecule has 0 spiro atoms. The second kappa shape index (κ2) is 7.29. The standard InChI is InChI=1S/C15H12ClF4NO3/c1-2-24-15(23)7(5-21-10-4-8(10)17)14(22)6-3-9(18)13(20)11(16)12(6)19/h3,5,7-8,10H,2,4H2,1H3. The number of Topliss-reactive ketones (excluding diaryl/α,β-unsaturated/α-hetero) is 1. The predicted octanol–water partition coefficient (Wildman–Crippen LogP) is 3.30. The van der Waals surface area contributed by atoms with Crippen molar-refractivity contribution in [1.29, 1.82) is 0 Å². The SMILES string of the molecule is CCOC(=O)C(C=NC1CC1F)C(=O)c1cc(F)c(F)c(Cl)c1F. The van der Waals surface area contributed by atoms with Crippen LogP contribution in [0.1, 0.15) is 23.7 Å². The average Bonchev–Trinajstić information content (AvgIpc) is 3.24. The van der Waals surface area contributed by atoms with Crippen LogP contribution >= 0.6 is 11.6 Å². The number of ketones is 1. The zero-order valence-electron chi connectivity index (χ0n) is 12.4. The number of carbonyl (C=O) groups excluding carboxylic acids is 2. The third-order valence-corrected chi connectivity index (χ3v) is 3.63. The van der Waals surface area contributed by atoms with E-state index in [1.165, 1.54) is 6.92 Å². The third kappa shape index (κ3) is 3.75. The number of rotatable bonds is 6. The van der Waals surface area contributed by atoms with Crippen LogP contribution in [-0.4, -0.2) is 36.8 Å². The molecule has 1 aliphatic rings. The van der Waals surface area contributed by atoms with Crippen molar-refractivity contribution in [2.75, 3.05) is 6.61 Å².